The van der Waals surface area contributed by atoms with Gasteiger partial charge in [0.1, 0.15) is 5.78 Å². The summed E-state index contributed by atoms with van der Waals surface area (Å²) in [5.41, 5.74) is 7.21. The van der Waals surface area contributed by atoms with Gasteiger partial charge in [0.05, 0.1) is 6.04 Å². The number of carbonyl (C=O) groups excluding carboxylic acids is 1. The second-order valence-corrected chi connectivity index (χ2v) is 11.2. The molecule has 0 bridgehead atoms. The molecule has 0 spiro atoms. The van der Waals surface area contributed by atoms with Crippen molar-refractivity contribution in [3.63, 3.8) is 0 Å². The molecule has 1 heterocycles. The minimum absolute atomic E-state index is 0.0154. The highest BCUT2D eigenvalue weighted by Gasteiger charge is 2.29. The fourth-order valence-corrected chi connectivity index (χ4v) is 4.89. The fraction of sp³-hybridized carbons (Fsp3) is 0.559. The van der Waals surface area contributed by atoms with Crippen LogP contribution >= 0.6 is 0 Å². The van der Waals surface area contributed by atoms with E-state index >= 15 is 0 Å². The Labute approximate surface area is 228 Å². The molecule has 3 heteroatoms. The van der Waals surface area contributed by atoms with E-state index in [9.17, 15) is 4.79 Å². The second-order valence-electron chi connectivity index (χ2n) is 11.2. The molecule has 0 saturated carbocycles. The molecule has 1 aliphatic heterocycles. The highest BCUT2D eigenvalue weighted by Crippen LogP contribution is 2.16. The first kappa shape index (κ1) is 31.0. The number of benzene rings is 1. The number of hydrogen-bond acceptors (Lipinski definition) is 3. The zero-order chi connectivity index (χ0) is 27.0. The molecule has 1 aromatic carbocycles. The van der Waals surface area contributed by atoms with Crippen molar-refractivity contribution in [1.82, 2.24) is 9.80 Å². The monoisotopic (exact) mass is 504 g/mol. The zero-order valence-electron chi connectivity index (χ0n) is 24.6. The lowest BCUT2D eigenvalue weighted by Crippen LogP contribution is -2.56. The van der Waals surface area contributed by atoms with Crippen molar-refractivity contribution >= 4 is 5.78 Å². The van der Waals surface area contributed by atoms with Crippen LogP contribution in [0, 0.1) is 0 Å². The molecule has 0 radical (unpaired) electrons. The van der Waals surface area contributed by atoms with Gasteiger partial charge >= 0.3 is 0 Å². The van der Waals surface area contributed by atoms with Gasteiger partial charge in [0, 0.05) is 32.7 Å². The van der Waals surface area contributed by atoms with Gasteiger partial charge in [-0.1, -0.05) is 76.9 Å². The van der Waals surface area contributed by atoms with Gasteiger partial charge in [-0.2, -0.15) is 0 Å². The molecule has 0 amide bonds. The highest BCUT2D eigenvalue weighted by atomic mass is 16.1. The van der Waals surface area contributed by atoms with Gasteiger partial charge in [-0.25, -0.2) is 0 Å². The second kappa shape index (κ2) is 17.3. The van der Waals surface area contributed by atoms with E-state index in [0.717, 1.165) is 71.2 Å². The van der Waals surface area contributed by atoms with Crippen LogP contribution in [0.5, 0.6) is 0 Å². The summed E-state index contributed by atoms with van der Waals surface area (Å²) in [6, 6.07) is 10.6. The quantitative estimate of drug-likeness (QED) is 0.226. The molecule has 1 unspecified atom stereocenters. The molecule has 0 N–H and O–H groups in total. The summed E-state index contributed by atoms with van der Waals surface area (Å²) in [5.74, 6) is 0.289. The van der Waals surface area contributed by atoms with Crippen LogP contribution in [0.15, 0.2) is 76.9 Å². The van der Waals surface area contributed by atoms with Gasteiger partial charge in [0.15, 0.2) is 0 Å². The Morgan fingerprint density at radius 3 is 1.92 bits per heavy atom. The van der Waals surface area contributed by atoms with Crippen molar-refractivity contribution in [3.8, 4) is 0 Å². The number of rotatable bonds is 15. The van der Waals surface area contributed by atoms with Crippen LogP contribution in [0.3, 0.4) is 0 Å². The number of Topliss-reactive ketones (excluding diaryl/α,β-unsaturated/α-hetero) is 1. The van der Waals surface area contributed by atoms with E-state index < -0.39 is 0 Å². The maximum Gasteiger partial charge on any atom is 0.148 e. The lowest BCUT2D eigenvalue weighted by atomic mass is 10.0. The average Bonchev–Trinajstić information content (AvgIpc) is 2.86. The Hall–Kier alpha value is -2.23. The molecule has 1 fully saturated rings. The largest absolute Gasteiger partial charge is 0.298 e. The number of piperazine rings is 1. The van der Waals surface area contributed by atoms with Crippen LogP contribution in [0.1, 0.15) is 85.6 Å². The van der Waals surface area contributed by atoms with Crippen LogP contribution in [-0.2, 0) is 11.2 Å². The van der Waals surface area contributed by atoms with Crippen molar-refractivity contribution in [1.29, 1.82) is 0 Å². The van der Waals surface area contributed by atoms with Crippen LogP contribution in [0.2, 0.25) is 0 Å². The molecule has 2 rings (SSSR count). The normalized spacial score (nSPS) is 18.2. The molecule has 204 valence electrons. The third kappa shape index (κ3) is 13.2. The summed E-state index contributed by atoms with van der Waals surface area (Å²) in [6.45, 7) is 17.6. The molecule has 37 heavy (non-hydrogen) atoms. The Kier molecular flexibility index (Phi) is 14.5. The van der Waals surface area contributed by atoms with Crippen molar-refractivity contribution in [2.24, 2.45) is 0 Å². The minimum Gasteiger partial charge on any atom is -0.298 e. The third-order valence-electron chi connectivity index (χ3n) is 7.43. The van der Waals surface area contributed by atoms with E-state index in [1.807, 2.05) is 0 Å². The molecule has 1 saturated heterocycles. The highest BCUT2D eigenvalue weighted by molar-refractivity contribution is 5.81. The Balaban J connectivity index is 1.70. The molecule has 1 aliphatic rings. The van der Waals surface area contributed by atoms with E-state index in [1.54, 1.807) is 6.92 Å². The summed E-state index contributed by atoms with van der Waals surface area (Å²) in [5, 5.41) is 0. The van der Waals surface area contributed by atoms with Crippen molar-refractivity contribution in [2.75, 3.05) is 32.7 Å². The molecular weight excluding hydrogens is 452 g/mol. The van der Waals surface area contributed by atoms with E-state index in [1.165, 1.54) is 34.3 Å². The van der Waals surface area contributed by atoms with Crippen LogP contribution < -0.4 is 0 Å². The lowest BCUT2D eigenvalue weighted by Gasteiger charge is -2.40. The van der Waals surface area contributed by atoms with Crippen molar-refractivity contribution in [2.45, 2.75) is 92.5 Å². The summed E-state index contributed by atoms with van der Waals surface area (Å²) >= 11 is 0. The summed E-state index contributed by atoms with van der Waals surface area (Å²) in [4.78, 5) is 17.2. The summed E-state index contributed by atoms with van der Waals surface area (Å²) in [7, 11) is 0. The van der Waals surface area contributed by atoms with Gasteiger partial charge in [-0.05, 0) is 92.1 Å². The smallest absolute Gasteiger partial charge is 0.148 e. The van der Waals surface area contributed by atoms with Gasteiger partial charge in [-0.15, -0.1) is 0 Å². The molecule has 0 aromatic heterocycles. The van der Waals surface area contributed by atoms with E-state index in [4.69, 9.17) is 0 Å². The van der Waals surface area contributed by atoms with Crippen LogP contribution in [-0.4, -0.2) is 54.3 Å². The van der Waals surface area contributed by atoms with Crippen LogP contribution in [0.25, 0.3) is 0 Å². The fourth-order valence-electron chi connectivity index (χ4n) is 4.89. The van der Waals surface area contributed by atoms with Crippen LogP contribution in [0.4, 0.5) is 0 Å². The van der Waals surface area contributed by atoms with Gasteiger partial charge in [0.25, 0.3) is 0 Å². The number of carbonyl (C=O) groups is 1. The van der Waals surface area contributed by atoms with E-state index in [0.29, 0.717) is 0 Å². The summed E-state index contributed by atoms with van der Waals surface area (Å²) < 4.78 is 0. The molecule has 3 nitrogen and oxygen atoms in total. The molecule has 1 atom stereocenters. The minimum atomic E-state index is 0.0154. The number of allylic oxidation sites excluding steroid dienone is 7. The first-order chi connectivity index (χ1) is 17.7. The average molecular weight is 505 g/mol. The molecule has 0 aliphatic carbocycles. The van der Waals surface area contributed by atoms with Crippen molar-refractivity contribution in [3.05, 3.63) is 82.5 Å². The van der Waals surface area contributed by atoms with Gasteiger partial charge in [-0.3, -0.25) is 14.6 Å². The topological polar surface area (TPSA) is 23.6 Å². The number of ketones is 1. The number of nitrogens with zero attached hydrogens (tertiary/aromatic N) is 2. The molecule has 1 aromatic rings. The van der Waals surface area contributed by atoms with Gasteiger partial charge in [0.2, 0.25) is 0 Å². The maximum atomic E-state index is 12.4. The first-order valence-electron chi connectivity index (χ1n) is 14.4. The molecular formula is C34H52N2O. The third-order valence-corrected chi connectivity index (χ3v) is 7.43. The first-order valence-corrected chi connectivity index (χ1v) is 14.4. The van der Waals surface area contributed by atoms with E-state index in [2.05, 4.69) is 99.1 Å². The predicted octanol–water partition coefficient (Wildman–Crippen LogP) is 7.95. The Bertz CT molecular complexity index is 934. The maximum absolute atomic E-state index is 12.4. The Morgan fingerprint density at radius 2 is 1.35 bits per heavy atom. The SMILES string of the molecule is CC(=O)C1CN(CC=C(C)CCC=C(C)CCC=C(C)CCC=C(C)C)CCN1CCc1ccccc1. The summed E-state index contributed by atoms with van der Waals surface area (Å²) in [6.07, 6.45) is 17.4. The zero-order valence-corrected chi connectivity index (χ0v) is 24.6. The number of hydrogen-bond donors (Lipinski definition) is 0. The van der Waals surface area contributed by atoms with Gasteiger partial charge < -0.3 is 0 Å². The van der Waals surface area contributed by atoms with Crippen molar-refractivity contribution < 1.29 is 4.79 Å². The Morgan fingerprint density at radius 1 is 0.784 bits per heavy atom. The lowest BCUT2D eigenvalue weighted by molar-refractivity contribution is -0.124. The standard InChI is InChI=1S/C34H52N2O/c1-28(2)13-10-14-29(3)15-11-16-30(4)17-12-18-31(5)21-23-35-25-26-36(34(27-35)32(6)37)24-22-33-19-8-7-9-20-33/h7-9,13,15,17,19-21,34H,10-12,14,16,18,22-27H2,1-6H3. The predicted molar refractivity (Wildman–Crippen MR) is 161 cm³/mol. The van der Waals surface area contributed by atoms with E-state index in [-0.39, 0.29) is 11.8 Å².